The van der Waals surface area contributed by atoms with Gasteiger partial charge in [0.05, 0.1) is 0 Å². The first-order chi connectivity index (χ1) is 12.0. The summed E-state index contributed by atoms with van der Waals surface area (Å²) in [6.45, 7) is 3.62. The number of carbonyl (C=O) groups excluding carboxylic acids is 3. The smallest absolute Gasteiger partial charge is 0.253 e. The van der Waals surface area contributed by atoms with Crippen molar-refractivity contribution in [2.75, 3.05) is 26.2 Å². The van der Waals surface area contributed by atoms with Crippen molar-refractivity contribution in [1.29, 1.82) is 0 Å². The zero-order valence-electron chi connectivity index (χ0n) is 14.3. The van der Waals surface area contributed by atoms with Crippen LogP contribution in [-0.4, -0.2) is 59.7 Å². The van der Waals surface area contributed by atoms with Crippen molar-refractivity contribution in [2.45, 2.75) is 32.2 Å². The second-order valence-electron chi connectivity index (χ2n) is 6.59. The molecule has 1 N–H and O–H groups in total. The molecule has 2 aliphatic heterocycles. The zero-order valence-corrected chi connectivity index (χ0v) is 14.3. The molecule has 0 aromatic heterocycles. The Kier molecular flexibility index (Phi) is 5.01. The van der Waals surface area contributed by atoms with Crippen molar-refractivity contribution >= 4 is 17.7 Å². The highest BCUT2D eigenvalue weighted by atomic mass is 19.1. The second kappa shape index (κ2) is 7.21. The predicted molar refractivity (Wildman–Crippen MR) is 89.4 cm³/mol. The molecule has 3 rings (SSSR count). The molecule has 2 saturated heterocycles. The van der Waals surface area contributed by atoms with E-state index in [0.717, 1.165) is 0 Å². The Bertz CT molecular complexity index is 707. The molecule has 0 aliphatic carbocycles. The van der Waals surface area contributed by atoms with E-state index < -0.39 is 6.04 Å². The van der Waals surface area contributed by atoms with Crippen molar-refractivity contribution in [3.8, 4) is 0 Å². The first-order valence-electron chi connectivity index (χ1n) is 8.59. The highest BCUT2D eigenvalue weighted by Gasteiger charge is 2.32. The van der Waals surface area contributed by atoms with E-state index in [1.807, 2.05) is 0 Å². The zero-order chi connectivity index (χ0) is 18.0. The van der Waals surface area contributed by atoms with E-state index in [2.05, 4.69) is 5.32 Å². The standard InChI is InChI=1S/C18H22FN3O3/c1-12-11-13(3-4-14(12)19)17(24)21-7-2-8-22(10-9-21)18(25)15-5-6-16(23)20-15/h3-4,11,15H,2,5-10H2,1H3,(H,20,23). The summed E-state index contributed by atoms with van der Waals surface area (Å²) in [6.07, 6.45) is 1.60. The van der Waals surface area contributed by atoms with Gasteiger partial charge in [0, 0.05) is 38.2 Å². The van der Waals surface area contributed by atoms with E-state index in [1.165, 1.54) is 12.1 Å². The van der Waals surface area contributed by atoms with Gasteiger partial charge >= 0.3 is 0 Å². The van der Waals surface area contributed by atoms with E-state index >= 15 is 0 Å². The molecule has 3 amide bonds. The molecule has 6 nitrogen and oxygen atoms in total. The minimum atomic E-state index is -0.436. The summed E-state index contributed by atoms with van der Waals surface area (Å²) < 4.78 is 13.4. The first-order valence-corrected chi connectivity index (χ1v) is 8.59. The summed E-state index contributed by atoms with van der Waals surface area (Å²) in [5.41, 5.74) is 0.899. The highest BCUT2D eigenvalue weighted by Crippen LogP contribution is 2.15. The number of nitrogens with zero attached hydrogens (tertiary/aromatic N) is 2. The predicted octanol–water partition coefficient (Wildman–Crippen LogP) is 1.09. The van der Waals surface area contributed by atoms with E-state index in [9.17, 15) is 18.8 Å². The molecule has 2 heterocycles. The van der Waals surface area contributed by atoms with Crippen LogP contribution in [0.15, 0.2) is 18.2 Å². The van der Waals surface area contributed by atoms with E-state index in [0.29, 0.717) is 56.6 Å². The van der Waals surface area contributed by atoms with Crippen LogP contribution in [0.1, 0.15) is 35.2 Å². The molecular formula is C18H22FN3O3. The summed E-state index contributed by atoms with van der Waals surface area (Å²) in [7, 11) is 0. The van der Waals surface area contributed by atoms with Gasteiger partial charge in [0.15, 0.2) is 0 Å². The number of benzene rings is 1. The van der Waals surface area contributed by atoms with Gasteiger partial charge in [-0.15, -0.1) is 0 Å². The number of amides is 3. The molecule has 2 fully saturated rings. The van der Waals surface area contributed by atoms with Gasteiger partial charge in [0.2, 0.25) is 11.8 Å². The second-order valence-corrected chi connectivity index (χ2v) is 6.59. The Labute approximate surface area is 146 Å². The van der Waals surface area contributed by atoms with Gasteiger partial charge in [0.1, 0.15) is 11.9 Å². The number of hydrogen-bond acceptors (Lipinski definition) is 3. The fraction of sp³-hybridized carbons (Fsp3) is 0.500. The Balaban J connectivity index is 1.62. The normalized spacial score (nSPS) is 21.0. The molecule has 1 atom stereocenters. The van der Waals surface area contributed by atoms with Crippen LogP contribution in [0.4, 0.5) is 4.39 Å². The molecule has 0 bridgehead atoms. The topological polar surface area (TPSA) is 69.7 Å². The Morgan fingerprint density at radius 2 is 1.88 bits per heavy atom. The molecule has 0 radical (unpaired) electrons. The van der Waals surface area contributed by atoms with Crippen molar-refractivity contribution in [3.05, 3.63) is 35.1 Å². The average molecular weight is 347 g/mol. The fourth-order valence-corrected chi connectivity index (χ4v) is 3.32. The molecule has 1 aromatic rings. The van der Waals surface area contributed by atoms with Crippen molar-refractivity contribution in [1.82, 2.24) is 15.1 Å². The van der Waals surface area contributed by atoms with E-state index in [4.69, 9.17) is 0 Å². The van der Waals surface area contributed by atoms with Gasteiger partial charge in [-0.2, -0.15) is 0 Å². The third-order valence-electron chi connectivity index (χ3n) is 4.79. The van der Waals surface area contributed by atoms with Crippen LogP contribution in [0.3, 0.4) is 0 Å². The molecule has 0 spiro atoms. The van der Waals surface area contributed by atoms with Gasteiger partial charge in [-0.05, 0) is 43.5 Å². The van der Waals surface area contributed by atoms with Crippen LogP contribution in [0.5, 0.6) is 0 Å². The summed E-state index contributed by atoms with van der Waals surface area (Å²) in [4.78, 5) is 39.8. The lowest BCUT2D eigenvalue weighted by Crippen LogP contribution is -2.46. The Morgan fingerprint density at radius 3 is 2.56 bits per heavy atom. The number of carbonyl (C=O) groups is 3. The van der Waals surface area contributed by atoms with Crippen molar-refractivity contribution < 1.29 is 18.8 Å². The average Bonchev–Trinajstić information content (AvgIpc) is 2.89. The number of halogens is 1. The minimum Gasteiger partial charge on any atom is -0.344 e. The lowest BCUT2D eigenvalue weighted by molar-refractivity contribution is -0.134. The van der Waals surface area contributed by atoms with Crippen molar-refractivity contribution in [3.63, 3.8) is 0 Å². The number of nitrogens with one attached hydrogen (secondary N) is 1. The number of aryl methyl sites for hydroxylation is 1. The Hall–Kier alpha value is -2.44. The van der Waals surface area contributed by atoms with Crippen LogP contribution in [0.25, 0.3) is 0 Å². The van der Waals surface area contributed by atoms with Gasteiger partial charge in [-0.25, -0.2) is 4.39 Å². The summed E-state index contributed by atoms with van der Waals surface area (Å²) in [5.74, 6) is -0.635. The first kappa shape index (κ1) is 17.4. The van der Waals surface area contributed by atoms with E-state index in [1.54, 1.807) is 22.8 Å². The summed E-state index contributed by atoms with van der Waals surface area (Å²) in [6, 6.07) is 3.92. The summed E-state index contributed by atoms with van der Waals surface area (Å²) >= 11 is 0. The molecule has 134 valence electrons. The molecule has 7 heteroatoms. The quantitative estimate of drug-likeness (QED) is 0.871. The van der Waals surface area contributed by atoms with Crippen LogP contribution in [-0.2, 0) is 9.59 Å². The summed E-state index contributed by atoms with van der Waals surface area (Å²) in [5, 5.41) is 2.70. The monoisotopic (exact) mass is 347 g/mol. The van der Waals surface area contributed by atoms with Crippen molar-refractivity contribution in [2.24, 2.45) is 0 Å². The van der Waals surface area contributed by atoms with Gasteiger partial charge < -0.3 is 15.1 Å². The maximum absolute atomic E-state index is 13.4. The van der Waals surface area contributed by atoms with E-state index in [-0.39, 0.29) is 23.5 Å². The van der Waals surface area contributed by atoms with Crippen LogP contribution >= 0.6 is 0 Å². The third kappa shape index (κ3) is 3.81. The molecular weight excluding hydrogens is 325 g/mol. The third-order valence-corrected chi connectivity index (χ3v) is 4.79. The SMILES string of the molecule is Cc1cc(C(=O)N2CCCN(C(=O)C3CCC(=O)N3)CC2)ccc1F. The largest absolute Gasteiger partial charge is 0.344 e. The highest BCUT2D eigenvalue weighted by molar-refractivity contribution is 5.94. The Morgan fingerprint density at radius 1 is 1.16 bits per heavy atom. The molecule has 0 saturated carbocycles. The minimum absolute atomic E-state index is 0.0715. The van der Waals surface area contributed by atoms with Crippen LogP contribution < -0.4 is 5.32 Å². The molecule has 25 heavy (non-hydrogen) atoms. The maximum atomic E-state index is 13.4. The number of rotatable bonds is 2. The van der Waals surface area contributed by atoms with Crippen LogP contribution in [0, 0.1) is 12.7 Å². The van der Waals surface area contributed by atoms with Gasteiger partial charge in [0.25, 0.3) is 5.91 Å². The van der Waals surface area contributed by atoms with Crippen LogP contribution in [0.2, 0.25) is 0 Å². The fourth-order valence-electron chi connectivity index (χ4n) is 3.32. The maximum Gasteiger partial charge on any atom is 0.253 e. The molecule has 1 aromatic carbocycles. The number of hydrogen-bond donors (Lipinski definition) is 1. The lowest BCUT2D eigenvalue weighted by Gasteiger charge is -2.24. The lowest BCUT2D eigenvalue weighted by atomic mass is 10.1. The molecule has 2 aliphatic rings. The van der Waals surface area contributed by atoms with Gasteiger partial charge in [-0.1, -0.05) is 0 Å². The molecule has 1 unspecified atom stereocenters. The van der Waals surface area contributed by atoms with Gasteiger partial charge in [-0.3, -0.25) is 14.4 Å².